The molecule has 0 saturated heterocycles. The lowest BCUT2D eigenvalue weighted by molar-refractivity contribution is 0.291. The summed E-state index contributed by atoms with van der Waals surface area (Å²) in [5.74, 6) is 0.490. The molecule has 0 atom stereocenters. The van der Waals surface area contributed by atoms with E-state index in [1.165, 1.54) is 0 Å². The van der Waals surface area contributed by atoms with Gasteiger partial charge in [-0.05, 0) is 6.07 Å². The average molecular weight is 294 g/mol. The predicted molar refractivity (Wildman–Crippen MR) is 68.4 cm³/mol. The van der Waals surface area contributed by atoms with Gasteiger partial charge < -0.3 is 10.5 Å². The lowest BCUT2D eigenvalue weighted by Gasteiger charge is -2.07. The van der Waals surface area contributed by atoms with Gasteiger partial charge in [0.05, 0.1) is 11.9 Å². The standard InChI is InChI=1S/C12H12BrN3O/c13-11-4-2-1-3-9(11)8-17-12-7-15-6-10(5-14)16-12/h1-4,6-7H,5,8,14H2. The molecule has 0 radical (unpaired) electrons. The van der Waals surface area contributed by atoms with Gasteiger partial charge >= 0.3 is 0 Å². The predicted octanol–water partition coefficient (Wildman–Crippen LogP) is 2.28. The van der Waals surface area contributed by atoms with Gasteiger partial charge in [0.2, 0.25) is 5.88 Å². The van der Waals surface area contributed by atoms with Crippen LogP contribution in [0.1, 0.15) is 11.3 Å². The van der Waals surface area contributed by atoms with Gasteiger partial charge in [0.25, 0.3) is 0 Å². The lowest BCUT2D eigenvalue weighted by Crippen LogP contribution is -2.03. The molecule has 0 aliphatic rings. The maximum Gasteiger partial charge on any atom is 0.232 e. The van der Waals surface area contributed by atoms with Gasteiger partial charge in [-0.2, -0.15) is 0 Å². The first-order valence-electron chi connectivity index (χ1n) is 5.17. The van der Waals surface area contributed by atoms with E-state index < -0.39 is 0 Å². The van der Waals surface area contributed by atoms with Gasteiger partial charge in [-0.1, -0.05) is 34.1 Å². The van der Waals surface area contributed by atoms with Crippen LogP contribution in [0.3, 0.4) is 0 Å². The Morgan fingerprint density at radius 2 is 2.06 bits per heavy atom. The molecule has 0 amide bonds. The van der Waals surface area contributed by atoms with E-state index in [1.54, 1.807) is 12.4 Å². The topological polar surface area (TPSA) is 61.0 Å². The Hall–Kier alpha value is -1.46. The van der Waals surface area contributed by atoms with E-state index in [0.29, 0.717) is 19.0 Å². The van der Waals surface area contributed by atoms with Gasteiger partial charge in [0.15, 0.2) is 0 Å². The molecule has 0 saturated carbocycles. The van der Waals surface area contributed by atoms with E-state index in [-0.39, 0.29) is 0 Å². The van der Waals surface area contributed by atoms with Crippen LogP contribution < -0.4 is 10.5 Å². The summed E-state index contributed by atoms with van der Waals surface area (Å²) in [6.45, 7) is 0.809. The van der Waals surface area contributed by atoms with Crippen molar-refractivity contribution in [2.45, 2.75) is 13.2 Å². The van der Waals surface area contributed by atoms with Crippen molar-refractivity contribution in [3.8, 4) is 5.88 Å². The Kier molecular flexibility index (Phi) is 4.06. The van der Waals surface area contributed by atoms with Crippen LogP contribution in [-0.4, -0.2) is 9.97 Å². The Morgan fingerprint density at radius 3 is 2.82 bits per heavy atom. The first-order valence-corrected chi connectivity index (χ1v) is 5.96. The van der Waals surface area contributed by atoms with Crippen molar-refractivity contribution in [2.75, 3.05) is 0 Å². The molecule has 0 unspecified atom stereocenters. The van der Waals surface area contributed by atoms with Crippen LogP contribution in [0.4, 0.5) is 0 Å². The Labute approximate surface area is 108 Å². The van der Waals surface area contributed by atoms with E-state index in [2.05, 4.69) is 25.9 Å². The number of nitrogens with two attached hydrogens (primary N) is 1. The van der Waals surface area contributed by atoms with E-state index in [0.717, 1.165) is 15.7 Å². The van der Waals surface area contributed by atoms with Gasteiger partial charge in [0, 0.05) is 22.8 Å². The molecule has 5 heteroatoms. The maximum atomic E-state index is 5.56. The monoisotopic (exact) mass is 293 g/mol. The summed E-state index contributed by atoms with van der Waals surface area (Å²) >= 11 is 3.46. The Bertz CT molecular complexity index is 505. The zero-order chi connectivity index (χ0) is 12.1. The molecule has 1 aromatic carbocycles. The molecule has 1 heterocycles. The van der Waals surface area contributed by atoms with Crippen LogP contribution in [0, 0.1) is 0 Å². The highest BCUT2D eigenvalue weighted by Crippen LogP contribution is 2.17. The van der Waals surface area contributed by atoms with Crippen molar-refractivity contribution in [3.05, 3.63) is 52.4 Å². The molecule has 0 aliphatic carbocycles. The SMILES string of the molecule is NCc1cncc(OCc2ccccc2Br)n1. The highest BCUT2D eigenvalue weighted by Gasteiger charge is 2.02. The van der Waals surface area contributed by atoms with Crippen molar-refractivity contribution < 1.29 is 4.74 Å². The largest absolute Gasteiger partial charge is 0.472 e. The molecular formula is C12H12BrN3O. The summed E-state index contributed by atoms with van der Waals surface area (Å²) in [5.41, 5.74) is 7.26. The zero-order valence-electron chi connectivity index (χ0n) is 9.14. The highest BCUT2D eigenvalue weighted by atomic mass is 79.9. The molecule has 2 N–H and O–H groups in total. The van der Waals surface area contributed by atoms with Crippen LogP contribution in [0.25, 0.3) is 0 Å². The van der Waals surface area contributed by atoms with Crippen LogP contribution in [-0.2, 0) is 13.2 Å². The number of nitrogens with zero attached hydrogens (tertiary/aromatic N) is 2. The van der Waals surface area contributed by atoms with Crippen molar-refractivity contribution in [3.63, 3.8) is 0 Å². The van der Waals surface area contributed by atoms with Crippen LogP contribution >= 0.6 is 15.9 Å². The molecule has 0 fully saturated rings. The second-order valence-electron chi connectivity index (χ2n) is 3.43. The summed E-state index contributed by atoms with van der Waals surface area (Å²) < 4.78 is 6.57. The smallest absolute Gasteiger partial charge is 0.232 e. The molecule has 17 heavy (non-hydrogen) atoms. The fraction of sp³-hybridized carbons (Fsp3) is 0.167. The number of benzene rings is 1. The van der Waals surface area contributed by atoms with E-state index in [4.69, 9.17) is 10.5 Å². The van der Waals surface area contributed by atoms with Crippen LogP contribution in [0.2, 0.25) is 0 Å². The van der Waals surface area contributed by atoms with Crippen molar-refractivity contribution >= 4 is 15.9 Å². The fourth-order valence-electron chi connectivity index (χ4n) is 1.32. The summed E-state index contributed by atoms with van der Waals surface area (Å²) in [5, 5.41) is 0. The van der Waals surface area contributed by atoms with Crippen molar-refractivity contribution in [1.82, 2.24) is 9.97 Å². The van der Waals surface area contributed by atoms with E-state index in [9.17, 15) is 0 Å². The molecule has 1 aromatic heterocycles. The number of halogens is 1. The number of hydrogen-bond donors (Lipinski definition) is 1. The minimum absolute atomic E-state index is 0.360. The molecule has 2 rings (SSSR count). The summed E-state index contributed by atoms with van der Waals surface area (Å²) in [7, 11) is 0. The summed E-state index contributed by atoms with van der Waals surface area (Å²) in [6.07, 6.45) is 3.21. The van der Waals surface area contributed by atoms with Crippen molar-refractivity contribution in [2.24, 2.45) is 5.73 Å². The number of aromatic nitrogens is 2. The third-order valence-corrected chi connectivity index (χ3v) is 2.98. The second kappa shape index (κ2) is 5.75. The fourth-order valence-corrected chi connectivity index (χ4v) is 1.72. The molecule has 4 nitrogen and oxygen atoms in total. The first kappa shape index (κ1) is 12.0. The normalized spacial score (nSPS) is 10.2. The number of hydrogen-bond acceptors (Lipinski definition) is 4. The zero-order valence-corrected chi connectivity index (χ0v) is 10.7. The molecule has 0 aliphatic heterocycles. The van der Waals surface area contributed by atoms with E-state index in [1.807, 2.05) is 24.3 Å². The van der Waals surface area contributed by atoms with Gasteiger partial charge in [-0.3, -0.25) is 4.98 Å². The number of rotatable bonds is 4. The minimum atomic E-state index is 0.360. The van der Waals surface area contributed by atoms with Gasteiger partial charge in [-0.15, -0.1) is 0 Å². The third kappa shape index (κ3) is 3.25. The van der Waals surface area contributed by atoms with E-state index >= 15 is 0 Å². The van der Waals surface area contributed by atoms with Crippen LogP contribution in [0.15, 0.2) is 41.1 Å². The Morgan fingerprint density at radius 1 is 1.24 bits per heavy atom. The van der Waals surface area contributed by atoms with Gasteiger partial charge in [0.1, 0.15) is 6.61 Å². The molecule has 88 valence electrons. The quantitative estimate of drug-likeness (QED) is 0.939. The van der Waals surface area contributed by atoms with Crippen molar-refractivity contribution in [1.29, 1.82) is 0 Å². The van der Waals surface area contributed by atoms with Gasteiger partial charge in [-0.25, -0.2) is 4.98 Å². The molecule has 0 bridgehead atoms. The lowest BCUT2D eigenvalue weighted by atomic mass is 10.2. The minimum Gasteiger partial charge on any atom is -0.472 e. The van der Waals surface area contributed by atoms with Crippen LogP contribution in [0.5, 0.6) is 5.88 Å². The number of ether oxygens (including phenoxy) is 1. The summed E-state index contributed by atoms with van der Waals surface area (Å²) in [4.78, 5) is 8.22. The Balaban J connectivity index is 2.05. The highest BCUT2D eigenvalue weighted by molar-refractivity contribution is 9.10. The molecule has 2 aromatic rings. The maximum absolute atomic E-state index is 5.56. The molecule has 0 spiro atoms. The third-order valence-electron chi connectivity index (χ3n) is 2.20. The first-order chi connectivity index (χ1) is 8.29. The average Bonchev–Trinajstić information content (AvgIpc) is 2.38. The summed E-state index contributed by atoms with van der Waals surface area (Å²) in [6, 6.07) is 7.89. The molecular weight excluding hydrogens is 282 g/mol. The second-order valence-corrected chi connectivity index (χ2v) is 4.29.